The molecule has 2 rings (SSSR count). The van der Waals surface area contributed by atoms with Crippen LogP contribution in [0.4, 0.5) is 0 Å². The Morgan fingerprint density at radius 2 is 2.09 bits per heavy atom. The highest BCUT2D eigenvalue weighted by Crippen LogP contribution is 2.35. The van der Waals surface area contributed by atoms with Crippen molar-refractivity contribution >= 4 is 5.96 Å². The fourth-order valence-corrected chi connectivity index (χ4v) is 3.34. The zero-order chi connectivity index (χ0) is 16.8. The monoisotopic (exact) mass is 318 g/mol. The summed E-state index contributed by atoms with van der Waals surface area (Å²) in [6.45, 7) is 6.01. The maximum Gasteiger partial charge on any atom is 0.188 e. The van der Waals surface area contributed by atoms with E-state index in [2.05, 4.69) is 48.2 Å². The number of nitrogens with two attached hydrogens (primary N) is 1. The van der Waals surface area contributed by atoms with Crippen molar-refractivity contribution in [3.8, 4) is 5.75 Å². The highest BCUT2D eigenvalue weighted by molar-refractivity contribution is 5.78. The number of ether oxygens (including phenoxy) is 1. The second kappa shape index (κ2) is 8.20. The van der Waals surface area contributed by atoms with Gasteiger partial charge in [-0.1, -0.05) is 12.1 Å². The number of methoxy groups -OCH3 is 1. The summed E-state index contributed by atoms with van der Waals surface area (Å²) in [5.41, 5.74) is 7.28. The van der Waals surface area contributed by atoms with Gasteiger partial charge in [-0.15, -0.1) is 0 Å². The second-order valence-electron chi connectivity index (χ2n) is 6.63. The van der Waals surface area contributed by atoms with Gasteiger partial charge in [0.05, 0.1) is 7.11 Å². The summed E-state index contributed by atoms with van der Waals surface area (Å²) >= 11 is 0. The predicted octanol–water partition coefficient (Wildman–Crippen LogP) is 2.39. The number of likely N-dealkylation sites (tertiary alicyclic amines) is 1. The molecule has 0 spiro atoms. The molecule has 0 radical (unpaired) electrons. The average Bonchev–Trinajstić information content (AvgIpc) is 2.52. The minimum atomic E-state index is 0.310. The van der Waals surface area contributed by atoms with E-state index in [0.717, 1.165) is 18.8 Å². The minimum absolute atomic E-state index is 0.310. The first kappa shape index (κ1) is 17.6. The van der Waals surface area contributed by atoms with E-state index >= 15 is 0 Å². The first-order valence-corrected chi connectivity index (χ1v) is 8.42. The Morgan fingerprint density at radius 3 is 2.70 bits per heavy atom. The fourth-order valence-electron chi connectivity index (χ4n) is 3.34. The lowest BCUT2D eigenvalue weighted by molar-refractivity contribution is 0.125. The van der Waals surface area contributed by atoms with Crippen LogP contribution in [-0.2, 0) is 0 Å². The standard InChI is InChI=1S/C18H30N4O/c1-13(2)21-18(19)20-12-15-6-5-11-22(3)17(15)14-7-9-16(23-4)10-8-14/h7-10,13,15,17H,5-6,11-12H2,1-4H3,(H3,19,20,21). The molecule has 2 atom stereocenters. The zero-order valence-electron chi connectivity index (χ0n) is 14.7. The Hall–Kier alpha value is -1.75. The van der Waals surface area contributed by atoms with E-state index < -0.39 is 0 Å². The third-order valence-electron chi connectivity index (χ3n) is 4.40. The third kappa shape index (κ3) is 4.86. The van der Waals surface area contributed by atoms with Crippen LogP contribution < -0.4 is 15.8 Å². The number of nitrogens with one attached hydrogen (secondary N) is 1. The molecule has 1 heterocycles. The lowest BCUT2D eigenvalue weighted by atomic mass is 9.85. The van der Waals surface area contributed by atoms with Gasteiger partial charge in [0.2, 0.25) is 0 Å². The van der Waals surface area contributed by atoms with Crippen LogP contribution >= 0.6 is 0 Å². The number of aliphatic imine (C=N–C) groups is 1. The molecule has 0 saturated carbocycles. The van der Waals surface area contributed by atoms with Gasteiger partial charge in [0.1, 0.15) is 5.75 Å². The summed E-state index contributed by atoms with van der Waals surface area (Å²) < 4.78 is 5.27. The number of nitrogens with zero attached hydrogens (tertiary/aromatic N) is 2. The summed E-state index contributed by atoms with van der Waals surface area (Å²) in [6.07, 6.45) is 2.39. The Balaban J connectivity index is 2.12. The van der Waals surface area contributed by atoms with Crippen LogP contribution in [0, 0.1) is 5.92 Å². The summed E-state index contributed by atoms with van der Waals surface area (Å²) in [4.78, 5) is 6.99. The van der Waals surface area contributed by atoms with Gasteiger partial charge in [0, 0.05) is 18.6 Å². The molecule has 1 aliphatic rings. The van der Waals surface area contributed by atoms with Crippen molar-refractivity contribution in [1.29, 1.82) is 0 Å². The van der Waals surface area contributed by atoms with Gasteiger partial charge in [0.25, 0.3) is 0 Å². The van der Waals surface area contributed by atoms with E-state index in [1.807, 2.05) is 12.1 Å². The molecule has 0 bridgehead atoms. The molecule has 0 amide bonds. The van der Waals surface area contributed by atoms with Crippen LogP contribution in [0.5, 0.6) is 5.75 Å². The van der Waals surface area contributed by atoms with Gasteiger partial charge in [-0.25, -0.2) is 0 Å². The molecule has 0 aromatic heterocycles. The van der Waals surface area contributed by atoms with E-state index in [1.54, 1.807) is 7.11 Å². The number of benzene rings is 1. The quantitative estimate of drug-likeness (QED) is 0.646. The Kier molecular flexibility index (Phi) is 6.28. The van der Waals surface area contributed by atoms with Gasteiger partial charge in [-0.3, -0.25) is 9.89 Å². The average molecular weight is 318 g/mol. The highest BCUT2D eigenvalue weighted by Gasteiger charge is 2.30. The lowest BCUT2D eigenvalue weighted by Gasteiger charge is -2.39. The smallest absolute Gasteiger partial charge is 0.188 e. The molecule has 1 aromatic rings. The molecular weight excluding hydrogens is 288 g/mol. The van der Waals surface area contributed by atoms with Crippen molar-refractivity contribution in [1.82, 2.24) is 10.2 Å². The first-order valence-electron chi connectivity index (χ1n) is 8.42. The molecule has 23 heavy (non-hydrogen) atoms. The number of hydrogen-bond donors (Lipinski definition) is 2. The molecule has 5 nitrogen and oxygen atoms in total. The SMILES string of the molecule is COc1ccc(C2C(CN=C(N)NC(C)C)CCCN2C)cc1. The van der Waals surface area contributed by atoms with Crippen molar-refractivity contribution in [3.63, 3.8) is 0 Å². The van der Waals surface area contributed by atoms with Crippen LogP contribution in [0.2, 0.25) is 0 Å². The molecule has 128 valence electrons. The van der Waals surface area contributed by atoms with Gasteiger partial charge >= 0.3 is 0 Å². The van der Waals surface area contributed by atoms with Crippen LogP contribution in [0.3, 0.4) is 0 Å². The van der Waals surface area contributed by atoms with Crippen LogP contribution in [0.25, 0.3) is 0 Å². The number of piperidine rings is 1. The minimum Gasteiger partial charge on any atom is -0.497 e. The first-order chi connectivity index (χ1) is 11.0. The Labute approximate surface area is 139 Å². The van der Waals surface area contributed by atoms with Crippen LogP contribution in [0.1, 0.15) is 38.3 Å². The van der Waals surface area contributed by atoms with Gasteiger partial charge in [-0.2, -0.15) is 0 Å². The number of hydrogen-bond acceptors (Lipinski definition) is 3. The van der Waals surface area contributed by atoms with Gasteiger partial charge in [-0.05, 0) is 63.9 Å². The predicted molar refractivity (Wildman–Crippen MR) is 95.9 cm³/mol. The zero-order valence-corrected chi connectivity index (χ0v) is 14.7. The van der Waals surface area contributed by atoms with E-state index in [0.29, 0.717) is 24.0 Å². The molecule has 1 saturated heterocycles. The normalized spacial score (nSPS) is 23.1. The lowest BCUT2D eigenvalue weighted by Crippen LogP contribution is -2.40. The van der Waals surface area contributed by atoms with E-state index in [9.17, 15) is 0 Å². The second-order valence-corrected chi connectivity index (χ2v) is 6.63. The van der Waals surface area contributed by atoms with Crippen molar-refractivity contribution in [2.45, 2.75) is 38.8 Å². The Bertz CT molecular complexity index is 512. The molecule has 5 heteroatoms. The topological polar surface area (TPSA) is 62.9 Å². The van der Waals surface area contributed by atoms with Crippen LogP contribution in [-0.4, -0.2) is 44.1 Å². The van der Waals surface area contributed by atoms with Crippen molar-refractivity contribution in [2.24, 2.45) is 16.6 Å². The van der Waals surface area contributed by atoms with Crippen molar-refractivity contribution in [3.05, 3.63) is 29.8 Å². The molecule has 2 unspecified atom stereocenters. The molecule has 3 N–H and O–H groups in total. The molecule has 1 aromatic carbocycles. The summed E-state index contributed by atoms with van der Waals surface area (Å²) in [5.74, 6) is 1.92. The number of guanidine groups is 1. The van der Waals surface area contributed by atoms with Gasteiger partial charge < -0.3 is 15.8 Å². The van der Waals surface area contributed by atoms with Crippen molar-refractivity contribution in [2.75, 3.05) is 27.2 Å². The van der Waals surface area contributed by atoms with E-state index in [1.165, 1.54) is 18.4 Å². The Morgan fingerprint density at radius 1 is 1.39 bits per heavy atom. The number of rotatable bonds is 5. The maximum absolute atomic E-state index is 5.96. The van der Waals surface area contributed by atoms with E-state index in [-0.39, 0.29) is 0 Å². The fraction of sp³-hybridized carbons (Fsp3) is 0.611. The van der Waals surface area contributed by atoms with Crippen LogP contribution in [0.15, 0.2) is 29.3 Å². The molecular formula is C18H30N4O. The van der Waals surface area contributed by atoms with E-state index in [4.69, 9.17) is 10.5 Å². The molecule has 0 aliphatic carbocycles. The highest BCUT2D eigenvalue weighted by atomic mass is 16.5. The van der Waals surface area contributed by atoms with Crippen molar-refractivity contribution < 1.29 is 4.74 Å². The summed E-state index contributed by atoms with van der Waals surface area (Å²) in [5, 5.41) is 3.16. The molecule has 1 fully saturated rings. The third-order valence-corrected chi connectivity index (χ3v) is 4.40. The summed E-state index contributed by atoms with van der Waals surface area (Å²) in [7, 11) is 3.89. The van der Waals surface area contributed by atoms with Gasteiger partial charge in [0.15, 0.2) is 5.96 Å². The molecule has 1 aliphatic heterocycles. The largest absolute Gasteiger partial charge is 0.497 e. The maximum atomic E-state index is 5.96. The summed E-state index contributed by atoms with van der Waals surface area (Å²) in [6, 6.07) is 9.09.